The van der Waals surface area contributed by atoms with Gasteiger partial charge in [0.15, 0.2) is 5.65 Å². The summed E-state index contributed by atoms with van der Waals surface area (Å²) in [6, 6.07) is 1.40. The van der Waals surface area contributed by atoms with Crippen molar-refractivity contribution in [2.75, 3.05) is 31.6 Å². The van der Waals surface area contributed by atoms with Gasteiger partial charge in [-0.1, -0.05) is 0 Å². The van der Waals surface area contributed by atoms with Crippen LogP contribution in [-0.4, -0.2) is 69.4 Å². The number of fused-ring (bicyclic) bond motifs is 1. The summed E-state index contributed by atoms with van der Waals surface area (Å²) in [5.74, 6) is 0.578. The van der Waals surface area contributed by atoms with Crippen molar-refractivity contribution in [3.63, 3.8) is 0 Å². The molecule has 0 saturated carbocycles. The van der Waals surface area contributed by atoms with E-state index in [0.29, 0.717) is 17.7 Å². The van der Waals surface area contributed by atoms with Crippen molar-refractivity contribution < 1.29 is 9.53 Å². The molecular formula is C18H26N6O2. The summed E-state index contributed by atoms with van der Waals surface area (Å²) in [5.41, 5.74) is 0.677. The summed E-state index contributed by atoms with van der Waals surface area (Å²) >= 11 is 0. The van der Waals surface area contributed by atoms with Crippen molar-refractivity contribution in [1.82, 2.24) is 24.6 Å². The molecule has 4 rings (SSSR count). The average Bonchev–Trinajstić information content (AvgIpc) is 3.28. The Bertz CT molecular complexity index is 783. The smallest absolute Gasteiger partial charge is 0.327 e. The standard InChI is InChI=1S/C18H26N6O2/c1-13-4-3-7-23(13)14-5-8-22(9-6-14)17-15-10-21-24(11-16(25)26-2)18(15)20-12-19-17/h10,12-14H,3-9,11H2,1-2H3. The van der Waals surface area contributed by atoms with Crippen molar-refractivity contribution in [3.8, 4) is 0 Å². The van der Waals surface area contributed by atoms with Gasteiger partial charge in [0.1, 0.15) is 18.7 Å². The number of likely N-dealkylation sites (tertiary alicyclic amines) is 1. The van der Waals surface area contributed by atoms with Crippen molar-refractivity contribution in [3.05, 3.63) is 12.5 Å². The molecule has 1 atom stereocenters. The maximum atomic E-state index is 11.6. The molecule has 1 unspecified atom stereocenters. The first-order chi connectivity index (χ1) is 12.7. The normalized spacial score (nSPS) is 22.2. The average molecular weight is 358 g/mol. The Hall–Kier alpha value is -2.22. The first-order valence-corrected chi connectivity index (χ1v) is 9.41. The number of esters is 1. The van der Waals surface area contributed by atoms with Gasteiger partial charge in [-0.25, -0.2) is 14.6 Å². The third kappa shape index (κ3) is 3.13. The number of carbonyl (C=O) groups excluding carboxylic acids is 1. The van der Waals surface area contributed by atoms with Gasteiger partial charge in [0.25, 0.3) is 0 Å². The summed E-state index contributed by atoms with van der Waals surface area (Å²) < 4.78 is 6.30. The third-order valence-corrected chi connectivity index (χ3v) is 5.76. The number of ether oxygens (including phenoxy) is 1. The SMILES string of the molecule is COC(=O)Cn1ncc2c(N3CCC(N4CCCC4C)CC3)ncnc21. The number of aromatic nitrogens is 4. The van der Waals surface area contributed by atoms with Crippen molar-refractivity contribution >= 4 is 22.8 Å². The summed E-state index contributed by atoms with van der Waals surface area (Å²) in [6.07, 6.45) is 8.28. The molecule has 2 aromatic heterocycles. The first kappa shape index (κ1) is 17.2. The van der Waals surface area contributed by atoms with Crippen molar-refractivity contribution in [2.24, 2.45) is 0 Å². The number of hydrogen-bond acceptors (Lipinski definition) is 7. The highest BCUT2D eigenvalue weighted by Gasteiger charge is 2.31. The van der Waals surface area contributed by atoms with Crippen LogP contribution in [0.4, 0.5) is 5.82 Å². The quantitative estimate of drug-likeness (QED) is 0.766. The van der Waals surface area contributed by atoms with E-state index in [2.05, 4.69) is 31.8 Å². The molecule has 2 fully saturated rings. The molecule has 4 heterocycles. The highest BCUT2D eigenvalue weighted by Crippen LogP contribution is 2.29. The predicted molar refractivity (Wildman–Crippen MR) is 98.0 cm³/mol. The Labute approximate surface area is 153 Å². The van der Waals surface area contributed by atoms with E-state index < -0.39 is 0 Å². The van der Waals surface area contributed by atoms with Crippen LogP contribution in [0.3, 0.4) is 0 Å². The molecule has 0 spiro atoms. The van der Waals surface area contributed by atoms with Crippen LogP contribution >= 0.6 is 0 Å². The van der Waals surface area contributed by atoms with Gasteiger partial charge in [0.05, 0.1) is 18.7 Å². The van der Waals surface area contributed by atoms with Gasteiger partial charge >= 0.3 is 5.97 Å². The van der Waals surface area contributed by atoms with E-state index in [1.54, 1.807) is 17.2 Å². The molecule has 0 bridgehead atoms. The zero-order chi connectivity index (χ0) is 18.1. The van der Waals surface area contributed by atoms with Gasteiger partial charge < -0.3 is 9.64 Å². The van der Waals surface area contributed by atoms with Crippen LogP contribution in [0.5, 0.6) is 0 Å². The number of anilines is 1. The molecule has 2 aromatic rings. The van der Waals surface area contributed by atoms with E-state index in [0.717, 1.165) is 37.1 Å². The van der Waals surface area contributed by atoms with E-state index >= 15 is 0 Å². The molecule has 0 amide bonds. The minimum Gasteiger partial charge on any atom is -0.468 e. The van der Waals surface area contributed by atoms with Crippen LogP contribution < -0.4 is 4.90 Å². The van der Waals surface area contributed by atoms with E-state index in [1.807, 2.05) is 0 Å². The molecular weight excluding hydrogens is 332 g/mol. The fourth-order valence-corrected chi connectivity index (χ4v) is 4.34. The first-order valence-electron chi connectivity index (χ1n) is 9.41. The van der Waals surface area contributed by atoms with Crippen LogP contribution in [0.1, 0.15) is 32.6 Å². The second kappa shape index (κ2) is 7.19. The molecule has 0 N–H and O–H groups in total. The Morgan fingerprint density at radius 3 is 2.73 bits per heavy atom. The summed E-state index contributed by atoms with van der Waals surface area (Å²) in [5, 5.41) is 5.20. The Kier molecular flexibility index (Phi) is 4.76. The molecule has 26 heavy (non-hydrogen) atoms. The van der Waals surface area contributed by atoms with Crippen LogP contribution in [0.25, 0.3) is 11.0 Å². The minimum absolute atomic E-state index is 0.0609. The lowest BCUT2D eigenvalue weighted by molar-refractivity contribution is -0.141. The third-order valence-electron chi connectivity index (χ3n) is 5.76. The maximum absolute atomic E-state index is 11.6. The summed E-state index contributed by atoms with van der Waals surface area (Å²) in [4.78, 5) is 25.4. The van der Waals surface area contributed by atoms with E-state index in [4.69, 9.17) is 4.74 Å². The molecule has 0 radical (unpaired) electrons. The number of piperidine rings is 1. The lowest BCUT2D eigenvalue weighted by Crippen LogP contribution is -2.46. The van der Waals surface area contributed by atoms with Gasteiger partial charge in [0, 0.05) is 25.2 Å². The molecule has 8 nitrogen and oxygen atoms in total. The minimum atomic E-state index is -0.337. The van der Waals surface area contributed by atoms with Gasteiger partial charge in [-0.15, -0.1) is 0 Å². The molecule has 8 heteroatoms. The van der Waals surface area contributed by atoms with Gasteiger partial charge in [-0.3, -0.25) is 9.69 Å². The largest absolute Gasteiger partial charge is 0.468 e. The molecule has 140 valence electrons. The van der Waals surface area contributed by atoms with Gasteiger partial charge in [-0.2, -0.15) is 5.10 Å². The van der Waals surface area contributed by atoms with E-state index in [-0.39, 0.29) is 12.5 Å². The number of hydrogen-bond donors (Lipinski definition) is 0. The van der Waals surface area contributed by atoms with Crippen LogP contribution in [0.2, 0.25) is 0 Å². The molecule has 2 aliphatic heterocycles. The fourth-order valence-electron chi connectivity index (χ4n) is 4.34. The van der Waals surface area contributed by atoms with Crippen LogP contribution in [0.15, 0.2) is 12.5 Å². The zero-order valence-electron chi connectivity index (χ0n) is 15.5. The topological polar surface area (TPSA) is 76.4 Å². The van der Waals surface area contributed by atoms with Crippen LogP contribution in [0, 0.1) is 0 Å². The maximum Gasteiger partial charge on any atom is 0.327 e. The number of rotatable bonds is 4. The monoisotopic (exact) mass is 358 g/mol. The second-order valence-electron chi connectivity index (χ2n) is 7.26. The lowest BCUT2D eigenvalue weighted by Gasteiger charge is -2.39. The fraction of sp³-hybridized carbons (Fsp3) is 0.667. The molecule has 2 saturated heterocycles. The zero-order valence-corrected chi connectivity index (χ0v) is 15.5. The lowest BCUT2D eigenvalue weighted by atomic mass is 10.0. The number of methoxy groups -OCH3 is 1. The Morgan fingerprint density at radius 2 is 2.04 bits per heavy atom. The van der Waals surface area contributed by atoms with Crippen molar-refractivity contribution in [2.45, 2.75) is 51.2 Å². The highest BCUT2D eigenvalue weighted by atomic mass is 16.5. The van der Waals surface area contributed by atoms with E-state index in [1.165, 1.54) is 26.5 Å². The summed E-state index contributed by atoms with van der Waals surface area (Å²) in [6.45, 7) is 5.63. The van der Waals surface area contributed by atoms with Crippen molar-refractivity contribution in [1.29, 1.82) is 0 Å². The van der Waals surface area contributed by atoms with Crippen LogP contribution in [-0.2, 0) is 16.1 Å². The number of nitrogens with zero attached hydrogens (tertiary/aromatic N) is 6. The van der Waals surface area contributed by atoms with Gasteiger partial charge in [0.2, 0.25) is 0 Å². The Morgan fingerprint density at radius 1 is 1.23 bits per heavy atom. The van der Waals surface area contributed by atoms with Gasteiger partial charge in [-0.05, 0) is 39.2 Å². The predicted octanol–water partition coefficient (Wildman–Crippen LogP) is 1.45. The summed E-state index contributed by atoms with van der Waals surface area (Å²) in [7, 11) is 1.37. The number of carbonyl (C=O) groups is 1. The second-order valence-corrected chi connectivity index (χ2v) is 7.26. The molecule has 0 aromatic carbocycles. The molecule has 0 aliphatic carbocycles. The molecule has 2 aliphatic rings. The highest BCUT2D eigenvalue weighted by molar-refractivity contribution is 5.87. The van der Waals surface area contributed by atoms with E-state index in [9.17, 15) is 4.79 Å². The Balaban J connectivity index is 1.50.